The van der Waals surface area contributed by atoms with E-state index in [1.54, 1.807) is 29.9 Å². The molecule has 1 aromatic heterocycles. The minimum absolute atomic E-state index is 0.0321. The normalized spacial score (nSPS) is 13.8. The maximum absolute atomic E-state index is 13.2. The van der Waals surface area contributed by atoms with Crippen LogP contribution >= 0.6 is 0 Å². The van der Waals surface area contributed by atoms with Gasteiger partial charge >= 0.3 is 0 Å². The van der Waals surface area contributed by atoms with Crippen molar-refractivity contribution < 1.29 is 13.9 Å². The second kappa shape index (κ2) is 8.28. The zero-order valence-corrected chi connectivity index (χ0v) is 17.4. The molecular formula is C23H25FN4O2. The van der Waals surface area contributed by atoms with Gasteiger partial charge in [0.15, 0.2) is 0 Å². The van der Waals surface area contributed by atoms with E-state index < -0.39 is 0 Å². The molecule has 4 rings (SSSR count). The predicted molar refractivity (Wildman–Crippen MR) is 113 cm³/mol. The lowest BCUT2D eigenvalue weighted by molar-refractivity contribution is 0.0932. The van der Waals surface area contributed by atoms with Crippen molar-refractivity contribution in [3.05, 3.63) is 71.2 Å². The Bertz CT molecular complexity index is 1060. The minimum Gasteiger partial charge on any atom is -0.493 e. The number of rotatable bonds is 6. The van der Waals surface area contributed by atoms with E-state index in [0.29, 0.717) is 17.9 Å². The number of amides is 1. The fourth-order valence-corrected chi connectivity index (χ4v) is 3.73. The summed E-state index contributed by atoms with van der Waals surface area (Å²) in [5.74, 6) is 0.443. The number of aromatic nitrogens is 2. The van der Waals surface area contributed by atoms with Crippen LogP contribution in [-0.4, -0.2) is 47.8 Å². The van der Waals surface area contributed by atoms with E-state index in [0.717, 1.165) is 29.9 Å². The van der Waals surface area contributed by atoms with Crippen LogP contribution in [0.3, 0.4) is 0 Å². The van der Waals surface area contributed by atoms with Crippen LogP contribution in [0.4, 0.5) is 4.39 Å². The maximum Gasteiger partial charge on any atom is 0.269 e. The van der Waals surface area contributed by atoms with E-state index in [1.165, 1.54) is 17.7 Å². The summed E-state index contributed by atoms with van der Waals surface area (Å²) in [7, 11) is 5.72. The highest BCUT2D eigenvalue weighted by Gasteiger charge is 2.21. The summed E-state index contributed by atoms with van der Waals surface area (Å²) in [5, 5.41) is 7.43. The Kier molecular flexibility index (Phi) is 5.55. The smallest absolute Gasteiger partial charge is 0.269 e. The molecule has 0 bridgehead atoms. The number of halogens is 1. The van der Waals surface area contributed by atoms with E-state index in [1.807, 2.05) is 20.2 Å². The number of aryl methyl sites for hydroxylation is 1. The molecule has 0 radical (unpaired) electrons. The summed E-state index contributed by atoms with van der Waals surface area (Å²) in [6.45, 7) is 1.18. The van der Waals surface area contributed by atoms with Gasteiger partial charge in [-0.25, -0.2) is 4.39 Å². The van der Waals surface area contributed by atoms with Crippen molar-refractivity contribution in [2.75, 3.05) is 27.2 Å². The average molecular weight is 408 g/mol. The molecule has 1 aliphatic rings. The second-order valence-corrected chi connectivity index (χ2v) is 7.70. The molecule has 0 saturated carbocycles. The number of likely N-dealkylation sites (N-methyl/N-ethyl adjacent to an activating group) is 1. The summed E-state index contributed by atoms with van der Waals surface area (Å²) in [6, 6.07) is 14.0. The van der Waals surface area contributed by atoms with Crippen LogP contribution in [0.15, 0.2) is 48.5 Å². The quantitative estimate of drug-likeness (QED) is 0.681. The molecular weight excluding hydrogens is 383 g/mol. The van der Waals surface area contributed by atoms with Gasteiger partial charge in [0.2, 0.25) is 0 Å². The van der Waals surface area contributed by atoms with Gasteiger partial charge in [-0.05, 0) is 61.6 Å². The first-order valence-electron chi connectivity index (χ1n) is 9.92. The van der Waals surface area contributed by atoms with Crippen LogP contribution in [-0.2, 0) is 13.5 Å². The molecule has 0 aliphatic carbocycles. The van der Waals surface area contributed by atoms with Crippen LogP contribution in [0.2, 0.25) is 0 Å². The zero-order chi connectivity index (χ0) is 21.3. The van der Waals surface area contributed by atoms with Crippen molar-refractivity contribution in [3.8, 4) is 17.0 Å². The summed E-state index contributed by atoms with van der Waals surface area (Å²) in [5.41, 5.74) is 4.19. The molecule has 2 heterocycles. The molecule has 7 heteroatoms. The Hall–Kier alpha value is -3.19. The molecule has 0 spiro atoms. The molecule has 1 amide bonds. The topological polar surface area (TPSA) is 59.4 Å². The van der Waals surface area contributed by atoms with Gasteiger partial charge in [0.05, 0.1) is 18.3 Å². The highest BCUT2D eigenvalue weighted by Crippen LogP contribution is 2.29. The van der Waals surface area contributed by atoms with Crippen molar-refractivity contribution in [1.82, 2.24) is 20.0 Å². The number of hydrogen-bond acceptors (Lipinski definition) is 4. The number of nitrogens with zero attached hydrogens (tertiary/aromatic N) is 3. The third kappa shape index (κ3) is 4.07. The summed E-state index contributed by atoms with van der Waals surface area (Å²) in [4.78, 5) is 14.9. The Morgan fingerprint density at radius 3 is 2.73 bits per heavy atom. The summed E-state index contributed by atoms with van der Waals surface area (Å²) < 4.78 is 20.3. The fourth-order valence-electron chi connectivity index (χ4n) is 3.73. The monoisotopic (exact) mass is 408 g/mol. The molecule has 0 unspecified atom stereocenters. The van der Waals surface area contributed by atoms with Crippen LogP contribution in [0.25, 0.3) is 11.3 Å². The first kappa shape index (κ1) is 20.1. The number of nitrogens with one attached hydrogen (secondary N) is 1. The van der Waals surface area contributed by atoms with Crippen molar-refractivity contribution in [2.24, 2.45) is 7.05 Å². The van der Waals surface area contributed by atoms with Crippen LogP contribution in [0, 0.1) is 5.82 Å². The third-order valence-corrected chi connectivity index (χ3v) is 5.43. The highest BCUT2D eigenvalue weighted by molar-refractivity contribution is 5.93. The largest absolute Gasteiger partial charge is 0.493 e. The fraction of sp³-hybridized carbons (Fsp3) is 0.304. The standard InChI is InChI=1S/C23H25FN4O2/c1-27(2)21(16-6-9-22-17(12-16)10-11-30-22)14-25-23(29)20-13-19(26-28(20)3)15-4-7-18(24)8-5-15/h4-9,12-13,21H,10-11,14H2,1-3H3,(H,25,29)/t21-/m0/s1. The van der Waals surface area contributed by atoms with Gasteiger partial charge in [-0.15, -0.1) is 0 Å². The molecule has 1 N–H and O–H groups in total. The molecule has 1 atom stereocenters. The molecule has 30 heavy (non-hydrogen) atoms. The van der Waals surface area contributed by atoms with Crippen molar-refractivity contribution in [2.45, 2.75) is 12.5 Å². The molecule has 2 aromatic carbocycles. The Labute approximate surface area is 175 Å². The molecule has 0 saturated heterocycles. The lowest BCUT2D eigenvalue weighted by Gasteiger charge is -2.25. The number of fused-ring (bicyclic) bond motifs is 1. The van der Waals surface area contributed by atoms with Crippen molar-refractivity contribution in [3.63, 3.8) is 0 Å². The van der Waals surface area contributed by atoms with Gasteiger partial charge in [-0.1, -0.05) is 12.1 Å². The average Bonchev–Trinajstić information content (AvgIpc) is 3.34. The number of hydrogen-bond donors (Lipinski definition) is 1. The number of carbonyl (C=O) groups is 1. The predicted octanol–water partition coefficient (Wildman–Crippen LogP) is 3.19. The van der Waals surface area contributed by atoms with E-state index in [9.17, 15) is 9.18 Å². The SMILES string of the molecule is CN(C)[C@@H](CNC(=O)c1cc(-c2ccc(F)cc2)nn1C)c1ccc2c(c1)CCO2. The van der Waals surface area contributed by atoms with Gasteiger partial charge in [-0.2, -0.15) is 5.10 Å². The number of carbonyl (C=O) groups excluding carboxylic acids is 1. The van der Waals surface area contributed by atoms with E-state index in [-0.39, 0.29) is 17.8 Å². The summed E-state index contributed by atoms with van der Waals surface area (Å²) >= 11 is 0. The van der Waals surface area contributed by atoms with E-state index in [4.69, 9.17) is 4.74 Å². The zero-order valence-electron chi connectivity index (χ0n) is 17.4. The van der Waals surface area contributed by atoms with Gasteiger partial charge < -0.3 is 15.0 Å². The number of ether oxygens (including phenoxy) is 1. The van der Waals surface area contributed by atoms with Gasteiger partial charge in [0.1, 0.15) is 17.3 Å². The minimum atomic E-state index is -0.305. The van der Waals surface area contributed by atoms with Crippen LogP contribution in [0.5, 0.6) is 5.75 Å². The summed E-state index contributed by atoms with van der Waals surface area (Å²) in [6.07, 6.45) is 0.914. The van der Waals surface area contributed by atoms with Gasteiger partial charge in [-0.3, -0.25) is 9.48 Å². The molecule has 3 aromatic rings. The Morgan fingerprint density at radius 1 is 1.23 bits per heavy atom. The first-order valence-corrected chi connectivity index (χ1v) is 9.92. The van der Waals surface area contributed by atoms with Gasteiger partial charge in [0, 0.05) is 25.6 Å². The lowest BCUT2D eigenvalue weighted by Crippen LogP contribution is -2.35. The highest BCUT2D eigenvalue weighted by atomic mass is 19.1. The maximum atomic E-state index is 13.2. The Morgan fingerprint density at radius 2 is 2.00 bits per heavy atom. The lowest BCUT2D eigenvalue weighted by atomic mass is 10.0. The second-order valence-electron chi connectivity index (χ2n) is 7.70. The molecule has 156 valence electrons. The van der Waals surface area contributed by atoms with Gasteiger partial charge in [0.25, 0.3) is 5.91 Å². The van der Waals surface area contributed by atoms with E-state index >= 15 is 0 Å². The van der Waals surface area contributed by atoms with Crippen molar-refractivity contribution in [1.29, 1.82) is 0 Å². The first-order chi connectivity index (χ1) is 14.4. The van der Waals surface area contributed by atoms with Crippen LogP contribution < -0.4 is 10.1 Å². The van der Waals surface area contributed by atoms with Crippen molar-refractivity contribution >= 4 is 5.91 Å². The van der Waals surface area contributed by atoms with Crippen LogP contribution in [0.1, 0.15) is 27.7 Å². The molecule has 1 aliphatic heterocycles. The number of benzene rings is 2. The molecule has 0 fully saturated rings. The van der Waals surface area contributed by atoms with E-state index in [2.05, 4.69) is 27.4 Å². The Balaban J connectivity index is 1.48. The third-order valence-electron chi connectivity index (χ3n) is 5.43. The molecule has 6 nitrogen and oxygen atoms in total.